The Hall–Kier alpha value is -2.62. The van der Waals surface area contributed by atoms with Gasteiger partial charge in [-0.2, -0.15) is 0 Å². The Labute approximate surface area is 190 Å². The lowest BCUT2D eigenvalue weighted by Crippen LogP contribution is -2.13. The summed E-state index contributed by atoms with van der Waals surface area (Å²) in [6, 6.07) is 12.5. The summed E-state index contributed by atoms with van der Waals surface area (Å²) in [5.41, 5.74) is 3.87. The summed E-state index contributed by atoms with van der Waals surface area (Å²) in [6.45, 7) is 2.27. The molecule has 2 nitrogen and oxygen atoms in total. The van der Waals surface area contributed by atoms with Gasteiger partial charge in [-0.1, -0.05) is 63.3 Å². The summed E-state index contributed by atoms with van der Waals surface area (Å²) in [6.07, 6.45) is 15.7. The molecule has 0 N–H and O–H groups in total. The van der Waals surface area contributed by atoms with Crippen LogP contribution in [-0.2, 0) is 0 Å². The van der Waals surface area contributed by atoms with E-state index in [2.05, 4.69) is 41.2 Å². The van der Waals surface area contributed by atoms with Gasteiger partial charge in [-0.25, -0.2) is 18.7 Å². The molecule has 0 aliphatic heterocycles. The largest absolute Gasteiger partial charge is 0.236 e. The van der Waals surface area contributed by atoms with Crippen LogP contribution in [0.2, 0.25) is 0 Å². The molecule has 32 heavy (non-hydrogen) atoms. The van der Waals surface area contributed by atoms with E-state index in [1.54, 1.807) is 12.4 Å². The fraction of sp³-hybridized carbons (Fsp3) is 0.429. The highest BCUT2D eigenvalue weighted by Gasteiger charge is 2.22. The lowest BCUT2D eigenvalue weighted by Gasteiger charge is -2.29. The second kappa shape index (κ2) is 10.8. The maximum atomic E-state index is 13.5. The molecular formula is C28H32F2N2. The third kappa shape index (κ3) is 5.59. The molecule has 4 rings (SSSR count). The Bertz CT molecular complexity index is 991. The van der Waals surface area contributed by atoms with Crippen molar-refractivity contribution in [2.45, 2.75) is 70.6 Å². The number of aromatic nitrogens is 2. The number of hydrogen-bond acceptors (Lipinski definition) is 2. The molecule has 1 heterocycles. The molecule has 168 valence electrons. The molecule has 0 spiro atoms. The quantitative estimate of drug-likeness (QED) is 0.333. The Balaban J connectivity index is 1.34. The van der Waals surface area contributed by atoms with Crippen LogP contribution in [0.5, 0.6) is 0 Å². The molecule has 0 saturated heterocycles. The fourth-order valence-electron chi connectivity index (χ4n) is 4.85. The standard InChI is InChI=1S/C28H32F2N2/c1-2-3-4-5-6-20-7-9-21(10-8-20)22-11-13-23(14-12-22)25-18-31-28(32-19-25)24-15-16-26(29)27(30)17-24/h11-21H,2-10H2,1H3. The Kier molecular flexibility index (Phi) is 7.62. The van der Waals surface area contributed by atoms with Gasteiger partial charge < -0.3 is 0 Å². The average Bonchev–Trinajstić information content (AvgIpc) is 2.84. The number of halogens is 2. The molecule has 1 fully saturated rings. The van der Waals surface area contributed by atoms with Crippen LogP contribution < -0.4 is 0 Å². The van der Waals surface area contributed by atoms with E-state index >= 15 is 0 Å². The number of rotatable bonds is 8. The van der Waals surface area contributed by atoms with Crippen LogP contribution in [0, 0.1) is 17.6 Å². The minimum atomic E-state index is -0.892. The number of hydrogen-bond donors (Lipinski definition) is 0. The minimum Gasteiger partial charge on any atom is -0.236 e. The second-order valence-electron chi connectivity index (χ2n) is 9.11. The summed E-state index contributed by atoms with van der Waals surface area (Å²) < 4.78 is 26.6. The first-order chi connectivity index (χ1) is 15.6. The first kappa shape index (κ1) is 22.6. The van der Waals surface area contributed by atoms with Crippen LogP contribution in [0.4, 0.5) is 8.78 Å². The van der Waals surface area contributed by atoms with Gasteiger partial charge in [0, 0.05) is 23.5 Å². The Morgan fingerprint density at radius 2 is 1.44 bits per heavy atom. The maximum Gasteiger partial charge on any atom is 0.159 e. The lowest BCUT2D eigenvalue weighted by molar-refractivity contribution is 0.302. The zero-order chi connectivity index (χ0) is 22.3. The van der Waals surface area contributed by atoms with Crippen LogP contribution in [0.3, 0.4) is 0 Å². The van der Waals surface area contributed by atoms with Crippen molar-refractivity contribution in [1.29, 1.82) is 0 Å². The molecule has 1 saturated carbocycles. The van der Waals surface area contributed by atoms with Crippen LogP contribution in [0.25, 0.3) is 22.5 Å². The summed E-state index contributed by atoms with van der Waals surface area (Å²) in [7, 11) is 0. The Morgan fingerprint density at radius 3 is 2.09 bits per heavy atom. The maximum absolute atomic E-state index is 13.5. The monoisotopic (exact) mass is 434 g/mol. The topological polar surface area (TPSA) is 25.8 Å². The SMILES string of the molecule is CCCCCCC1CCC(c2ccc(-c3cnc(-c4ccc(F)c(F)c4)nc3)cc2)CC1. The zero-order valence-corrected chi connectivity index (χ0v) is 18.9. The van der Waals surface area contributed by atoms with Gasteiger partial charge in [0.15, 0.2) is 17.5 Å². The van der Waals surface area contributed by atoms with E-state index in [1.165, 1.54) is 69.4 Å². The normalized spacial score (nSPS) is 18.6. The summed E-state index contributed by atoms with van der Waals surface area (Å²) >= 11 is 0. The van der Waals surface area contributed by atoms with Gasteiger partial charge >= 0.3 is 0 Å². The summed E-state index contributed by atoms with van der Waals surface area (Å²) in [5, 5.41) is 0. The fourth-order valence-corrected chi connectivity index (χ4v) is 4.85. The predicted molar refractivity (Wildman–Crippen MR) is 126 cm³/mol. The van der Waals surface area contributed by atoms with Gasteiger partial charge in [0.1, 0.15) is 0 Å². The molecule has 0 radical (unpaired) electrons. The highest BCUT2D eigenvalue weighted by atomic mass is 19.2. The highest BCUT2D eigenvalue weighted by molar-refractivity contribution is 5.64. The van der Waals surface area contributed by atoms with Gasteiger partial charge in [0.25, 0.3) is 0 Å². The summed E-state index contributed by atoms with van der Waals surface area (Å²) in [5.74, 6) is 0.216. The van der Waals surface area contributed by atoms with Crippen molar-refractivity contribution in [3.8, 4) is 22.5 Å². The van der Waals surface area contributed by atoms with Crippen molar-refractivity contribution >= 4 is 0 Å². The predicted octanol–water partition coefficient (Wildman–Crippen LogP) is 8.33. The van der Waals surface area contributed by atoms with Gasteiger partial charge in [-0.15, -0.1) is 0 Å². The van der Waals surface area contributed by atoms with E-state index in [0.29, 0.717) is 17.3 Å². The minimum absolute atomic E-state index is 0.385. The second-order valence-corrected chi connectivity index (χ2v) is 9.11. The molecule has 3 aromatic rings. The molecule has 1 aliphatic carbocycles. The van der Waals surface area contributed by atoms with E-state index < -0.39 is 11.6 Å². The van der Waals surface area contributed by atoms with Crippen molar-refractivity contribution in [3.63, 3.8) is 0 Å². The van der Waals surface area contributed by atoms with Crippen LogP contribution in [0.15, 0.2) is 54.9 Å². The van der Waals surface area contributed by atoms with E-state index in [1.807, 2.05) is 0 Å². The van der Waals surface area contributed by atoms with Crippen molar-refractivity contribution < 1.29 is 8.78 Å². The van der Waals surface area contributed by atoms with Crippen molar-refractivity contribution in [1.82, 2.24) is 9.97 Å². The van der Waals surface area contributed by atoms with Gasteiger partial charge in [-0.05, 0) is 66.8 Å². The first-order valence-electron chi connectivity index (χ1n) is 12.0. The molecule has 0 bridgehead atoms. The molecular weight excluding hydrogens is 402 g/mol. The lowest BCUT2D eigenvalue weighted by atomic mass is 9.77. The number of nitrogens with zero attached hydrogens (tertiary/aromatic N) is 2. The van der Waals surface area contributed by atoms with Crippen molar-refractivity contribution in [2.24, 2.45) is 5.92 Å². The number of benzene rings is 2. The molecule has 1 aliphatic rings. The summed E-state index contributed by atoms with van der Waals surface area (Å²) in [4.78, 5) is 8.70. The smallest absolute Gasteiger partial charge is 0.159 e. The van der Waals surface area contributed by atoms with Crippen LogP contribution in [-0.4, -0.2) is 9.97 Å². The average molecular weight is 435 g/mol. The van der Waals surface area contributed by atoms with Crippen molar-refractivity contribution in [2.75, 3.05) is 0 Å². The number of unbranched alkanes of at least 4 members (excludes halogenated alkanes) is 3. The highest BCUT2D eigenvalue weighted by Crippen LogP contribution is 2.38. The van der Waals surface area contributed by atoms with Crippen molar-refractivity contribution in [3.05, 3.63) is 72.1 Å². The van der Waals surface area contributed by atoms with Crippen LogP contribution >= 0.6 is 0 Å². The molecule has 4 heteroatoms. The molecule has 0 atom stereocenters. The third-order valence-corrected chi connectivity index (χ3v) is 6.86. The Morgan fingerprint density at radius 1 is 0.750 bits per heavy atom. The van der Waals surface area contributed by atoms with Gasteiger partial charge in [0.2, 0.25) is 0 Å². The van der Waals surface area contributed by atoms with E-state index in [0.717, 1.165) is 29.2 Å². The molecule has 2 aromatic carbocycles. The van der Waals surface area contributed by atoms with Crippen LogP contribution in [0.1, 0.15) is 76.2 Å². The molecule has 1 aromatic heterocycles. The third-order valence-electron chi connectivity index (χ3n) is 6.86. The molecule has 0 unspecified atom stereocenters. The van der Waals surface area contributed by atoms with Gasteiger partial charge in [0.05, 0.1) is 0 Å². The van der Waals surface area contributed by atoms with E-state index in [4.69, 9.17) is 0 Å². The molecule has 0 amide bonds. The van der Waals surface area contributed by atoms with Gasteiger partial charge in [-0.3, -0.25) is 0 Å². The van der Waals surface area contributed by atoms with E-state index in [-0.39, 0.29) is 0 Å². The zero-order valence-electron chi connectivity index (χ0n) is 18.9. The van der Waals surface area contributed by atoms with E-state index in [9.17, 15) is 8.78 Å². The first-order valence-corrected chi connectivity index (χ1v) is 12.0.